The molecule has 16 heavy (non-hydrogen) atoms. The van der Waals surface area contributed by atoms with Gasteiger partial charge in [-0.15, -0.1) is 0 Å². The van der Waals surface area contributed by atoms with Crippen LogP contribution in [0.3, 0.4) is 0 Å². The van der Waals surface area contributed by atoms with Crippen LogP contribution in [0.1, 0.15) is 10.6 Å². The van der Waals surface area contributed by atoms with Gasteiger partial charge in [0.2, 0.25) is 5.76 Å². The van der Waals surface area contributed by atoms with Crippen molar-refractivity contribution in [2.75, 3.05) is 5.32 Å². The summed E-state index contributed by atoms with van der Waals surface area (Å²) in [5.41, 5.74) is 0.426. The zero-order valence-electron chi connectivity index (χ0n) is 7.91. The molecular weight excluding hydrogens is 251 g/mol. The van der Waals surface area contributed by atoms with Crippen molar-refractivity contribution in [3.63, 3.8) is 0 Å². The lowest BCUT2D eigenvalue weighted by Gasteiger charge is -2.05. The molecule has 0 saturated carbocycles. The highest BCUT2D eigenvalue weighted by Crippen LogP contribution is 2.25. The lowest BCUT2D eigenvalue weighted by atomic mass is 10.3. The predicted octanol–water partition coefficient (Wildman–Crippen LogP) is 3.23. The van der Waals surface area contributed by atoms with Crippen molar-refractivity contribution in [1.29, 1.82) is 0 Å². The van der Waals surface area contributed by atoms with Gasteiger partial charge in [0.25, 0.3) is 5.91 Å². The third-order valence-corrected chi connectivity index (χ3v) is 2.40. The van der Waals surface area contributed by atoms with Crippen molar-refractivity contribution in [2.24, 2.45) is 0 Å². The fraction of sp³-hybridized carbons (Fsp3) is 0. The molecule has 0 bridgehead atoms. The van der Waals surface area contributed by atoms with Gasteiger partial charge in [-0.25, -0.2) is 0 Å². The van der Waals surface area contributed by atoms with Crippen molar-refractivity contribution in [2.45, 2.75) is 0 Å². The summed E-state index contributed by atoms with van der Waals surface area (Å²) in [6.07, 6.45) is 1.38. The van der Waals surface area contributed by atoms with Crippen molar-refractivity contribution in [3.05, 3.63) is 46.3 Å². The van der Waals surface area contributed by atoms with Crippen LogP contribution >= 0.6 is 23.2 Å². The number of halogens is 2. The van der Waals surface area contributed by atoms with E-state index in [1.807, 2.05) is 0 Å². The lowest BCUT2D eigenvalue weighted by molar-refractivity contribution is 0.0988. The molecule has 0 aliphatic carbocycles. The molecule has 0 spiro atoms. The molecule has 1 aromatic heterocycles. The van der Waals surface area contributed by atoms with Crippen LogP contribution < -0.4 is 5.32 Å². The summed E-state index contributed by atoms with van der Waals surface area (Å²) in [5.74, 6) is -0.322. The molecule has 2 rings (SSSR count). The van der Waals surface area contributed by atoms with E-state index in [-0.39, 0.29) is 5.76 Å². The molecule has 1 N–H and O–H groups in total. The number of amides is 1. The Morgan fingerprint density at radius 2 is 2.12 bits per heavy atom. The molecule has 0 aliphatic heterocycles. The van der Waals surface area contributed by atoms with Gasteiger partial charge in [-0.3, -0.25) is 4.79 Å². The third-order valence-electron chi connectivity index (χ3n) is 1.84. The van der Waals surface area contributed by atoms with Crippen LogP contribution in [-0.4, -0.2) is 11.1 Å². The van der Waals surface area contributed by atoms with Gasteiger partial charge in [-0.05, 0) is 18.2 Å². The quantitative estimate of drug-likeness (QED) is 0.898. The Labute approximate surface area is 101 Å². The Hall–Kier alpha value is -1.52. The van der Waals surface area contributed by atoms with Crippen LogP contribution in [0.15, 0.2) is 35.0 Å². The summed E-state index contributed by atoms with van der Waals surface area (Å²) in [6, 6.07) is 6.24. The molecule has 6 heteroatoms. The number of benzene rings is 1. The Morgan fingerprint density at radius 3 is 2.81 bits per heavy atom. The summed E-state index contributed by atoms with van der Waals surface area (Å²) >= 11 is 11.7. The molecule has 82 valence electrons. The standard InChI is InChI=1S/C10H6Cl2N2O2/c11-6-1-2-7(12)8(5-6)14-10(15)9-3-4-13-16-9/h1-5H,(H,14,15). The predicted molar refractivity (Wildman–Crippen MR) is 60.9 cm³/mol. The molecule has 1 amide bonds. The van der Waals surface area contributed by atoms with E-state index in [1.165, 1.54) is 12.3 Å². The van der Waals surface area contributed by atoms with E-state index < -0.39 is 5.91 Å². The van der Waals surface area contributed by atoms with E-state index in [1.54, 1.807) is 18.2 Å². The third kappa shape index (κ3) is 2.35. The molecule has 1 aromatic carbocycles. The van der Waals surface area contributed by atoms with Crippen molar-refractivity contribution < 1.29 is 9.32 Å². The van der Waals surface area contributed by atoms with Crippen molar-refractivity contribution in [1.82, 2.24) is 5.16 Å². The zero-order chi connectivity index (χ0) is 11.5. The summed E-state index contributed by atoms with van der Waals surface area (Å²) in [4.78, 5) is 11.6. The Kier molecular flexibility index (Phi) is 3.12. The van der Waals surface area contributed by atoms with E-state index >= 15 is 0 Å². The minimum Gasteiger partial charge on any atom is -0.351 e. The SMILES string of the molecule is O=C(Nc1cc(Cl)ccc1Cl)c1ccno1. The van der Waals surface area contributed by atoms with E-state index in [0.717, 1.165) is 0 Å². The molecular formula is C10H6Cl2N2O2. The topological polar surface area (TPSA) is 55.1 Å². The van der Waals surface area contributed by atoms with Gasteiger partial charge in [0.05, 0.1) is 16.9 Å². The monoisotopic (exact) mass is 256 g/mol. The van der Waals surface area contributed by atoms with Crippen LogP contribution in [0.25, 0.3) is 0 Å². The molecule has 0 unspecified atom stereocenters. The average Bonchev–Trinajstić information content (AvgIpc) is 2.76. The second-order valence-corrected chi connectivity index (χ2v) is 3.80. The van der Waals surface area contributed by atoms with Crippen LogP contribution in [0.4, 0.5) is 5.69 Å². The number of aromatic nitrogens is 1. The molecule has 0 radical (unpaired) electrons. The molecule has 0 saturated heterocycles. The molecule has 1 heterocycles. The fourth-order valence-corrected chi connectivity index (χ4v) is 1.45. The number of hydrogen-bond donors (Lipinski definition) is 1. The number of nitrogens with zero attached hydrogens (tertiary/aromatic N) is 1. The first kappa shape index (κ1) is 11.0. The smallest absolute Gasteiger partial charge is 0.294 e. The maximum Gasteiger partial charge on any atom is 0.294 e. The number of rotatable bonds is 2. The van der Waals surface area contributed by atoms with Crippen LogP contribution in [-0.2, 0) is 0 Å². The Morgan fingerprint density at radius 1 is 1.31 bits per heavy atom. The first-order chi connectivity index (χ1) is 7.66. The number of carbonyl (C=O) groups is 1. The van der Waals surface area contributed by atoms with Crippen molar-refractivity contribution in [3.8, 4) is 0 Å². The molecule has 0 aliphatic rings. The van der Waals surface area contributed by atoms with E-state index in [4.69, 9.17) is 27.7 Å². The Balaban J connectivity index is 2.21. The first-order valence-corrected chi connectivity index (χ1v) is 5.09. The zero-order valence-corrected chi connectivity index (χ0v) is 9.42. The molecule has 0 atom stereocenters. The van der Waals surface area contributed by atoms with Crippen LogP contribution in [0.2, 0.25) is 10.0 Å². The van der Waals surface area contributed by atoms with Gasteiger partial charge in [-0.2, -0.15) is 0 Å². The average molecular weight is 257 g/mol. The lowest BCUT2D eigenvalue weighted by Crippen LogP contribution is -2.11. The summed E-state index contributed by atoms with van der Waals surface area (Å²) < 4.78 is 4.70. The van der Waals surface area contributed by atoms with Gasteiger partial charge < -0.3 is 9.84 Å². The number of anilines is 1. The summed E-state index contributed by atoms with van der Waals surface area (Å²) in [6.45, 7) is 0. The Bertz CT molecular complexity index is 512. The van der Waals surface area contributed by atoms with E-state index in [2.05, 4.69) is 10.5 Å². The minimum atomic E-state index is -0.429. The van der Waals surface area contributed by atoms with E-state index in [0.29, 0.717) is 15.7 Å². The summed E-state index contributed by atoms with van der Waals surface area (Å²) in [5, 5.41) is 6.88. The maximum absolute atomic E-state index is 11.6. The van der Waals surface area contributed by atoms with Gasteiger partial charge in [0, 0.05) is 11.1 Å². The van der Waals surface area contributed by atoms with Gasteiger partial charge >= 0.3 is 0 Å². The largest absolute Gasteiger partial charge is 0.351 e. The van der Waals surface area contributed by atoms with Crippen LogP contribution in [0, 0.1) is 0 Å². The number of nitrogens with one attached hydrogen (secondary N) is 1. The highest BCUT2D eigenvalue weighted by atomic mass is 35.5. The minimum absolute atomic E-state index is 0.107. The highest BCUT2D eigenvalue weighted by molar-refractivity contribution is 6.35. The van der Waals surface area contributed by atoms with Gasteiger partial charge in [0.15, 0.2) is 0 Å². The molecule has 4 nitrogen and oxygen atoms in total. The van der Waals surface area contributed by atoms with Gasteiger partial charge in [-0.1, -0.05) is 28.4 Å². The number of hydrogen-bond acceptors (Lipinski definition) is 3. The highest BCUT2D eigenvalue weighted by Gasteiger charge is 2.11. The number of carbonyl (C=O) groups excluding carboxylic acids is 1. The second kappa shape index (κ2) is 4.55. The maximum atomic E-state index is 11.6. The normalized spacial score (nSPS) is 10.1. The van der Waals surface area contributed by atoms with Crippen LogP contribution in [0.5, 0.6) is 0 Å². The van der Waals surface area contributed by atoms with Gasteiger partial charge in [0.1, 0.15) is 0 Å². The van der Waals surface area contributed by atoms with Crippen molar-refractivity contribution >= 4 is 34.8 Å². The molecule has 0 fully saturated rings. The fourth-order valence-electron chi connectivity index (χ4n) is 1.11. The van der Waals surface area contributed by atoms with E-state index in [9.17, 15) is 4.79 Å². The molecule has 2 aromatic rings. The second-order valence-electron chi connectivity index (χ2n) is 2.95. The first-order valence-electron chi connectivity index (χ1n) is 4.34. The summed E-state index contributed by atoms with van der Waals surface area (Å²) in [7, 11) is 0.